The second-order valence-electron chi connectivity index (χ2n) is 7.74. The molecule has 0 rings (SSSR count). The average Bonchev–Trinajstić information content (AvgIpc) is 2.55. The predicted octanol–water partition coefficient (Wildman–Crippen LogP) is 3.87. The number of amides is 1. The molecule has 0 saturated carbocycles. The van der Waals surface area contributed by atoms with Gasteiger partial charge in [0.15, 0.2) is 0 Å². The van der Waals surface area contributed by atoms with Gasteiger partial charge in [0.2, 0.25) is 5.91 Å². The lowest BCUT2D eigenvalue weighted by molar-refractivity contribution is -0.890. The van der Waals surface area contributed by atoms with E-state index in [1.54, 1.807) is 0 Å². The minimum atomic E-state index is 0.207. The molecule has 0 bridgehead atoms. The summed E-state index contributed by atoms with van der Waals surface area (Å²) < 4.78 is 0.911. The van der Waals surface area contributed by atoms with Crippen molar-refractivity contribution in [2.75, 3.05) is 40.3 Å². The number of rotatable bonds is 17. The van der Waals surface area contributed by atoms with Gasteiger partial charge in [0.1, 0.15) is 0 Å². The molecule has 0 aliphatic rings. The number of hydrogen-bond acceptors (Lipinski definition) is 2. The Kier molecular flexibility index (Phi) is 15.5. The molecule has 0 spiro atoms. The van der Waals surface area contributed by atoms with Crippen LogP contribution in [0.2, 0.25) is 0 Å². The number of nitrogens with zero attached hydrogens (tertiary/aromatic N) is 1. The van der Waals surface area contributed by atoms with Crippen molar-refractivity contribution < 1.29 is 14.4 Å². The minimum absolute atomic E-state index is 0.207. The molecule has 0 saturated heterocycles. The van der Waals surface area contributed by atoms with Crippen molar-refractivity contribution in [3.8, 4) is 0 Å². The Bertz CT molecular complexity index is 293. The van der Waals surface area contributed by atoms with Crippen molar-refractivity contribution in [3.63, 3.8) is 0 Å². The summed E-state index contributed by atoms with van der Waals surface area (Å²) in [7, 11) is 4.36. The first-order valence-electron chi connectivity index (χ1n) is 10.2. The molecule has 2 N–H and O–H groups in total. The van der Waals surface area contributed by atoms with Gasteiger partial charge in [-0.1, -0.05) is 58.3 Å². The SMILES string of the molecule is CCCCCCCCCCCC(=O)NCCC[N+](C)(C)CCCO. The molecule has 4 heteroatoms. The fourth-order valence-electron chi connectivity index (χ4n) is 3.03. The minimum Gasteiger partial charge on any atom is -0.396 e. The summed E-state index contributed by atoms with van der Waals surface area (Å²) >= 11 is 0. The van der Waals surface area contributed by atoms with Gasteiger partial charge in [-0.2, -0.15) is 0 Å². The average molecular weight is 344 g/mol. The maximum Gasteiger partial charge on any atom is 0.219 e. The standard InChI is InChI=1S/C20H42N2O2/c1-4-5-6-7-8-9-10-11-12-15-20(24)21-16-13-17-22(2,3)18-14-19-23/h23H,4-19H2,1-3H3/p+1. The van der Waals surface area contributed by atoms with E-state index >= 15 is 0 Å². The Hall–Kier alpha value is -0.610. The van der Waals surface area contributed by atoms with Crippen LogP contribution in [0.15, 0.2) is 0 Å². The molecule has 0 aliphatic carbocycles. The molecular weight excluding hydrogens is 300 g/mol. The first-order chi connectivity index (χ1) is 11.5. The highest BCUT2D eigenvalue weighted by Crippen LogP contribution is 2.10. The van der Waals surface area contributed by atoms with E-state index in [9.17, 15) is 4.79 Å². The van der Waals surface area contributed by atoms with Gasteiger partial charge >= 0.3 is 0 Å². The first-order valence-corrected chi connectivity index (χ1v) is 10.2. The third kappa shape index (κ3) is 16.3. The van der Waals surface area contributed by atoms with Crippen molar-refractivity contribution >= 4 is 5.91 Å². The zero-order chi connectivity index (χ0) is 18.1. The van der Waals surface area contributed by atoms with Crippen LogP contribution in [0.4, 0.5) is 0 Å². The monoisotopic (exact) mass is 343 g/mol. The van der Waals surface area contributed by atoms with E-state index in [0.717, 1.165) is 43.4 Å². The maximum atomic E-state index is 11.8. The van der Waals surface area contributed by atoms with E-state index < -0.39 is 0 Å². The molecule has 0 aromatic rings. The van der Waals surface area contributed by atoms with Crippen molar-refractivity contribution in [3.05, 3.63) is 0 Å². The van der Waals surface area contributed by atoms with E-state index in [4.69, 9.17) is 5.11 Å². The Balaban J connectivity index is 3.38. The van der Waals surface area contributed by atoms with Crippen LogP contribution < -0.4 is 5.32 Å². The number of carbonyl (C=O) groups is 1. The van der Waals surface area contributed by atoms with Gasteiger partial charge in [-0.3, -0.25) is 4.79 Å². The third-order valence-corrected chi connectivity index (χ3v) is 4.69. The molecule has 0 aromatic carbocycles. The summed E-state index contributed by atoms with van der Waals surface area (Å²) in [4.78, 5) is 11.8. The van der Waals surface area contributed by atoms with Gasteiger partial charge in [0.25, 0.3) is 0 Å². The Morgan fingerprint density at radius 3 is 1.96 bits per heavy atom. The van der Waals surface area contributed by atoms with Gasteiger partial charge in [-0.15, -0.1) is 0 Å². The maximum absolute atomic E-state index is 11.8. The fourth-order valence-corrected chi connectivity index (χ4v) is 3.03. The van der Waals surface area contributed by atoms with Crippen LogP contribution in [0.5, 0.6) is 0 Å². The molecule has 1 amide bonds. The van der Waals surface area contributed by atoms with Gasteiger partial charge in [-0.05, 0) is 6.42 Å². The number of aliphatic hydroxyl groups is 1. The van der Waals surface area contributed by atoms with Crippen LogP contribution in [0.1, 0.15) is 84.0 Å². The molecule has 0 heterocycles. The molecule has 0 unspecified atom stereocenters. The van der Waals surface area contributed by atoms with Crippen LogP contribution in [0.3, 0.4) is 0 Å². The van der Waals surface area contributed by atoms with Gasteiger partial charge in [0.05, 0.1) is 27.2 Å². The Morgan fingerprint density at radius 2 is 1.38 bits per heavy atom. The molecule has 0 atom stereocenters. The fraction of sp³-hybridized carbons (Fsp3) is 0.950. The largest absolute Gasteiger partial charge is 0.396 e. The van der Waals surface area contributed by atoms with Gasteiger partial charge in [0, 0.05) is 32.4 Å². The summed E-state index contributed by atoms with van der Waals surface area (Å²) in [5.41, 5.74) is 0. The zero-order valence-electron chi connectivity index (χ0n) is 16.6. The van der Waals surface area contributed by atoms with E-state index in [1.165, 1.54) is 51.4 Å². The van der Waals surface area contributed by atoms with Crippen molar-refractivity contribution in [1.82, 2.24) is 5.32 Å². The van der Waals surface area contributed by atoms with Gasteiger partial charge < -0.3 is 14.9 Å². The van der Waals surface area contributed by atoms with E-state index in [-0.39, 0.29) is 12.5 Å². The predicted molar refractivity (Wildman–Crippen MR) is 103 cm³/mol. The number of unbranched alkanes of at least 4 members (excludes halogenated alkanes) is 8. The summed E-state index contributed by atoms with van der Waals surface area (Å²) in [5, 5.41) is 11.9. The number of hydrogen-bond donors (Lipinski definition) is 2. The van der Waals surface area contributed by atoms with Gasteiger partial charge in [-0.25, -0.2) is 0 Å². The first kappa shape index (κ1) is 23.4. The summed E-state index contributed by atoms with van der Waals surface area (Å²) in [6, 6.07) is 0. The van der Waals surface area contributed by atoms with Crippen LogP contribution in [-0.2, 0) is 4.79 Å². The molecule has 0 aromatic heterocycles. The smallest absolute Gasteiger partial charge is 0.219 e. The summed E-state index contributed by atoms with van der Waals surface area (Å²) in [6.07, 6.45) is 14.1. The summed E-state index contributed by atoms with van der Waals surface area (Å²) in [5.74, 6) is 0.207. The number of aliphatic hydroxyl groups excluding tert-OH is 1. The van der Waals surface area contributed by atoms with Crippen LogP contribution in [-0.4, -0.2) is 55.8 Å². The van der Waals surface area contributed by atoms with Crippen molar-refractivity contribution in [2.45, 2.75) is 84.0 Å². The zero-order valence-corrected chi connectivity index (χ0v) is 16.6. The Labute approximate surface area is 150 Å². The van der Waals surface area contributed by atoms with Crippen molar-refractivity contribution in [1.29, 1.82) is 0 Å². The van der Waals surface area contributed by atoms with Crippen LogP contribution in [0, 0.1) is 0 Å². The highest BCUT2D eigenvalue weighted by Gasteiger charge is 2.13. The van der Waals surface area contributed by atoms with E-state index in [1.807, 2.05) is 0 Å². The molecule has 4 nitrogen and oxygen atoms in total. The summed E-state index contributed by atoms with van der Waals surface area (Å²) in [6.45, 7) is 5.32. The second-order valence-corrected chi connectivity index (χ2v) is 7.74. The molecule has 0 fully saturated rings. The van der Waals surface area contributed by atoms with E-state index in [0.29, 0.717) is 6.42 Å². The second kappa shape index (κ2) is 15.9. The number of quaternary nitrogens is 1. The van der Waals surface area contributed by atoms with Crippen LogP contribution in [0.25, 0.3) is 0 Å². The molecule has 144 valence electrons. The normalized spacial score (nSPS) is 11.7. The lowest BCUT2D eigenvalue weighted by Gasteiger charge is -2.29. The highest BCUT2D eigenvalue weighted by atomic mass is 16.3. The highest BCUT2D eigenvalue weighted by molar-refractivity contribution is 5.75. The number of carbonyl (C=O) groups excluding carboxylic acids is 1. The quantitative estimate of drug-likeness (QED) is 0.311. The van der Waals surface area contributed by atoms with Crippen LogP contribution >= 0.6 is 0 Å². The van der Waals surface area contributed by atoms with Crippen molar-refractivity contribution in [2.24, 2.45) is 0 Å². The Morgan fingerprint density at radius 1 is 0.833 bits per heavy atom. The lowest BCUT2D eigenvalue weighted by Crippen LogP contribution is -2.42. The topological polar surface area (TPSA) is 49.3 Å². The molecular formula is C20H43N2O2+. The third-order valence-electron chi connectivity index (χ3n) is 4.69. The molecule has 0 aliphatic heterocycles. The number of nitrogens with one attached hydrogen (secondary N) is 1. The van der Waals surface area contributed by atoms with E-state index in [2.05, 4.69) is 26.3 Å². The lowest BCUT2D eigenvalue weighted by atomic mass is 10.1. The molecule has 0 radical (unpaired) electrons. The molecule has 24 heavy (non-hydrogen) atoms.